The van der Waals surface area contributed by atoms with Gasteiger partial charge in [0, 0.05) is 22.3 Å². The lowest BCUT2D eigenvalue weighted by Crippen LogP contribution is -2.15. The predicted octanol–water partition coefficient (Wildman–Crippen LogP) is 6.25. The standard InChI is InChI=1S/C23H24Cl2N4O2S2/c1-4-9-29-21(13-32-12-16-6-7-17(24)11-18(16)25)27-28-23(29)33-14-22(30)26-19-10-15(2)5-8-20(19)31-3/h4-8,10-11H,1,9,12-14H2,2-3H3,(H,26,30). The summed E-state index contributed by atoms with van der Waals surface area (Å²) in [6.45, 7) is 6.34. The van der Waals surface area contributed by atoms with Gasteiger partial charge in [0.1, 0.15) is 11.6 Å². The van der Waals surface area contributed by atoms with E-state index in [9.17, 15) is 4.79 Å². The topological polar surface area (TPSA) is 69.0 Å². The Hall–Kier alpha value is -2.13. The van der Waals surface area contributed by atoms with Crippen LogP contribution < -0.4 is 10.1 Å². The summed E-state index contributed by atoms with van der Waals surface area (Å²) in [6.07, 6.45) is 1.79. The number of nitrogens with one attached hydrogen (secondary N) is 1. The van der Waals surface area contributed by atoms with Crippen molar-refractivity contribution in [3.63, 3.8) is 0 Å². The minimum Gasteiger partial charge on any atom is -0.495 e. The summed E-state index contributed by atoms with van der Waals surface area (Å²) in [7, 11) is 1.58. The number of nitrogens with zero attached hydrogens (tertiary/aromatic N) is 3. The molecule has 3 rings (SSSR count). The zero-order chi connectivity index (χ0) is 23.8. The highest BCUT2D eigenvalue weighted by Gasteiger charge is 2.15. The molecule has 0 aliphatic heterocycles. The monoisotopic (exact) mass is 522 g/mol. The molecular formula is C23H24Cl2N4O2S2. The van der Waals surface area contributed by atoms with E-state index in [0.717, 1.165) is 22.7 Å². The van der Waals surface area contributed by atoms with Crippen molar-refractivity contribution in [2.45, 2.75) is 30.1 Å². The number of aryl methyl sites for hydroxylation is 1. The molecule has 0 spiro atoms. The first-order chi connectivity index (χ1) is 15.9. The van der Waals surface area contributed by atoms with Crippen LogP contribution in [0.4, 0.5) is 5.69 Å². The number of halogens is 2. The van der Waals surface area contributed by atoms with Gasteiger partial charge in [0.15, 0.2) is 5.16 Å². The highest BCUT2D eigenvalue weighted by molar-refractivity contribution is 7.99. The average Bonchev–Trinajstić information content (AvgIpc) is 3.16. The van der Waals surface area contributed by atoms with Crippen molar-refractivity contribution in [2.75, 3.05) is 18.2 Å². The molecule has 1 heterocycles. The summed E-state index contributed by atoms with van der Waals surface area (Å²) in [5.41, 5.74) is 2.69. The third kappa shape index (κ3) is 7.17. The Morgan fingerprint density at radius 1 is 1.21 bits per heavy atom. The molecule has 10 heteroatoms. The van der Waals surface area contributed by atoms with Gasteiger partial charge in [-0.05, 0) is 42.3 Å². The van der Waals surface area contributed by atoms with E-state index < -0.39 is 0 Å². The van der Waals surface area contributed by atoms with Crippen LogP contribution in [0.15, 0.2) is 54.2 Å². The number of anilines is 1. The lowest BCUT2D eigenvalue weighted by atomic mass is 10.2. The maximum atomic E-state index is 12.5. The molecular weight excluding hydrogens is 499 g/mol. The normalized spacial score (nSPS) is 10.8. The lowest BCUT2D eigenvalue weighted by Gasteiger charge is -2.11. The second kappa shape index (κ2) is 12.4. The Morgan fingerprint density at radius 3 is 2.76 bits per heavy atom. The van der Waals surface area contributed by atoms with Gasteiger partial charge in [0.05, 0.1) is 24.3 Å². The van der Waals surface area contributed by atoms with E-state index in [2.05, 4.69) is 22.1 Å². The summed E-state index contributed by atoms with van der Waals surface area (Å²) < 4.78 is 7.29. The van der Waals surface area contributed by atoms with Crippen LogP contribution in [0.25, 0.3) is 0 Å². The molecule has 33 heavy (non-hydrogen) atoms. The number of carbonyl (C=O) groups excluding carboxylic acids is 1. The molecule has 0 fully saturated rings. The number of methoxy groups -OCH3 is 1. The van der Waals surface area contributed by atoms with Crippen molar-refractivity contribution in [2.24, 2.45) is 0 Å². The second-order valence-corrected chi connectivity index (χ2v) is 9.84. The number of hydrogen-bond acceptors (Lipinski definition) is 6. The van der Waals surface area contributed by atoms with Crippen LogP contribution in [0, 0.1) is 6.92 Å². The number of carbonyl (C=O) groups is 1. The van der Waals surface area contributed by atoms with Crippen LogP contribution in [0.1, 0.15) is 17.0 Å². The van der Waals surface area contributed by atoms with Gasteiger partial charge in [0.25, 0.3) is 0 Å². The first kappa shape index (κ1) is 25.5. The second-order valence-electron chi connectivity index (χ2n) is 7.07. The molecule has 0 aliphatic carbocycles. The molecule has 0 saturated heterocycles. The van der Waals surface area contributed by atoms with Crippen LogP contribution >= 0.6 is 46.7 Å². The molecule has 3 aromatic rings. The first-order valence-electron chi connectivity index (χ1n) is 10.0. The quantitative estimate of drug-likeness (QED) is 0.237. The molecule has 2 aromatic carbocycles. The first-order valence-corrected chi connectivity index (χ1v) is 12.9. The van der Waals surface area contributed by atoms with E-state index in [-0.39, 0.29) is 11.7 Å². The fourth-order valence-corrected chi connectivity index (χ4v) is 5.26. The molecule has 0 atom stereocenters. The van der Waals surface area contributed by atoms with Crippen molar-refractivity contribution >= 4 is 58.3 Å². The number of hydrogen-bond donors (Lipinski definition) is 1. The van der Waals surface area contributed by atoms with Crippen molar-refractivity contribution in [3.8, 4) is 5.75 Å². The van der Waals surface area contributed by atoms with E-state index >= 15 is 0 Å². The number of allylic oxidation sites excluding steroid dienone is 1. The Kier molecular flexibility index (Phi) is 9.55. The zero-order valence-electron chi connectivity index (χ0n) is 18.3. The predicted molar refractivity (Wildman–Crippen MR) is 139 cm³/mol. The van der Waals surface area contributed by atoms with Gasteiger partial charge in [0.2, 0.25) is 5.91 Å². The summed E-state index contributed by atoms with van der Waals surface area (Å²) in [4.78, 5) is 12.5. The maximum Gasteiger partial charge on any atom is 0.234 e. The minimum absolute atomic E-state index is 0.148. The molecule has 1 N–H and O–H groups in total. The molecule has 6 nitrogen and oxygen atoms in total. The van der Waals surface area contributed by atoms with Gasteiger partial charge in [-0.1, -0.05) is 53.2 Å². The third-order valence-electron chi connectivity index (χ3n) is 4.57. The summed E-state index contributed by atoms with van der Waals surface area (Å²) in [5, 5.41) is 13.4. The number of benzene rings is 2. The van der Waals surface area contributed by atoms with Gasteiger partial charge in [-0.2, -0.15) is 0 Å². The fourth-order valence-electron chi connectivity index (χ4n) is 2.97. The molecule has 1 aromatic heterocycles. The summed E-state index contributed by atoms with van der Waals surface area (Å²) in [5.74, 6) is 2.85. The Bertz CT molecular complexity index is 1140. The van der Waals surface area contributed by atoms with Crippen LogP contribution in [0.3, 0.4) is 0 Å². The van der Waals surface area contributed by atoms with Gasteiger partial charge >= 0.3 is 0 Å². The van der Waals surface area contributed by atoms with Gasteiger partial charge in [-0.25, -0.2) is 0 Å². The molecule has 0 radical (unpaired) electrons. The number of aromatic nitrogens is 3. The SMILES string of the molecule is C=CCn1c(CSCc2ccc(Cl)cc2Cl)nnc1SCC(=O)Nc1cc(C)ccc1OC. The van der Waals surface area contributed by atoms with Crippen LogP contribution in [0.2, 0.25) is 10.0 Å². The average molecular weight is 524 g/mol. The Morgan fingerprint density at radius 2 is 2.03 bits per heavy atom. The third-order valence-corrected chi connectivity index (χ3v) is 7.10. The number of ether oxygens (including phenoxy) is 1. The Balaban J connectivity index is 1.60. The fraction of sp³-hybridized carbons (Fsp3) is 0.261. The highest BCUT2D eigenvalue weighted by Crippen LogP contribution is 2.28. The molecule has 0 saturated carbocycles. The van der Waals surface area contributed by atoms with E-state index in [1.807, 2.05) is 41.8 Å². The summed E-state index contributed by atoms with van der Waals surface area (Å²) in [6, 6.07) is 11.1. The molecule has 174 valence electrons. The number of thioether (sulfide) groups is 2. The number of rotatable bonds is 11. The molecule has 0 bridgehead atoms. The van der Waals surface area contributed by atoms with Crippen molar-refractivity contribution in [1.29, 1.82) is 0 Å². The van der Waals surface area contributed by atoms with Crippen molar-refractivity contribution in [1.82, 2.24) is 14.8 Å². The largest absolute Gasteiger partial charge is 0.495 e. The van der Waals surface area contributed by atoms with Crippen molar-refractivity contribution in [3.05, 3.63) is 76.0 Å². The van der Waals surface area contributed by atoms with Crippen LogP contribution in [-0.2, 0) is 22.8 Å². The lowest BCUT2D eigenvalue weighted by molar-refractivity contribution is -0.113. The smallest absolute Gasteiger partial charge is 0.234 e. The minimum atomic E-state index is -0.148. The van der Waals surface area contributed by atoms with Crippen LogP contribution in [0.5, 0.6) is 5.75 Å². The number of amides is 1. The molecule has 1 amide bonds. The van der Waals surface area contributed by atoms with E-state index in [1.54, 1.807) is 31.0 Å². The van der Waals surface area contributed by atoms with E-state index in [0.29, 0.717) is 38.9 Å². The van der Waals surface area contributed by atoms with Gasteiger partial charge in [-0.15, -0.1) is 28.5 Å². The van der Waals surface area contributed by atoms with Crippen LogP contribution in [-0.4, -0.2) is 33.5 Å². The molecule has 0 unspecified atom stereocenters. The van der Waals surface area contributed by atoms with Gasteiger partial charge < -0.3 is 14.6 Å². The van der Waals surface area contributed by atoms with E-state index in [4.69, 9.17) is 27.9 Å². The maximum absolute atomic E-state index is 12.5. The Labute approximate surface area is 212 Å². The zero-order valence-corrected chi connectivity index (χ0v) is 21.5. The van der Waals surface area contributed by atoms with Gasteiger partial charge in [-0.3, -0.25) is 4.79 Å². The summed E-state index contributed by atoms with van der Waals surface area (Å²) >= 11 is 15.2. The highest BCUT2D eigenvalue weighted by atomic mass is 35.5. The van der Waals surface area contributed by atoms with E-state index in [1.165, 1.54) is 11.8 Å². The van der Waals surface area contributed by atoms with Crippen molar-refractivity contribution < 1.29 is 9.53 Å². The molecule has 0 aliphatic rings.